The Labute approximate surface area is 218 Å². The van der Waals surface area contributed by atoms with Crippen molar-refractivity contribution in [1.82, 2.24) is 4.90 Å². The Morgan fingerprint density at radius 2 is 1.51 bits per heavy atom. The van der Waals surface area contributed by atoms with Gasteiger partial charge in [0.1, 0.15) is 0 Å². The van der Waals surface area contributed by atoms with Crippen molar-refractivity contribution in [2.75, 3.05) is 25.0 Å². The summed E-state index contributed by atoms with van der Waals surface area (Å²) in [5.41, 5.74) is 3.39. The van der Waals surface area contributed by atoms with Crippen LogP contribution in [0.5, 0.6) is 0 Å². The number of aliphatic hydroxyl groups is 1. The topological polar surface area (TPSA) is 108 Å². The van der Waals surface area contributed by atoms with E-state index in [0.717, 1.165) is 42.7 Å². The van der Waals surface area contributed by atoms with Crippen LogP contribution in [-0.4, -0.2) is 52.7 Å². The van der Waals surface area contributed by atoms with Gasteiger partial charge >= 0.3 is 5.97 Å². The van der Waals surface area contributed by atoms with Gasteiger partial charge in [0.15, 0.2) is 6.29 Å². The van der Waals surface area contributed by atoms with Gasteiger partial charge in [-0.3, -0.25) is 9.59 Å². The van der Waals surface area contributed by atoms with E-state index in [2.05, 4.69) is 10.2 Å². The molecule has 0 spiro atoms. The molecule has 3 atom stereocenters. The zero-order chi connectivity index (χ0) is 26.0. The smallest absolute Gasteiger partial charge is 0.303 e. The highest BCUT2D eigenvalue weighted by molar-refractivity contribution is 5.92. The summed E-state index contributed by atoms with van der Waals surface area (Å²) >= 11 is 0. The van der Waals surface area contributed by atoms with Gasteiger partial charge in [0.2, 0.25) is 5.91 Å². The number of anilines is 1. The Morgan fingerprint density at radius 3 is 2.16 bits per heavy atom. The fourth-order valence-corrected chi connectivity index (χ4v) is 4.98. The van der Waals surface area contributed by atoms with E-state index in [1.165, 1.54) is 32.1 Å². The van der Waals surface area contributed by atoms with Crippen molar-refractivity contribution < 1.29 is 29.3 Å². The summed E-state index contributed by atoms with van der Waals surface area (Å²) in [6.07, 6.45) is 6.14. The number of aliphatic hydroxyl groups excluding tert-OH is 1. The largest absolute Gasteiger partial charge is 0.481 e. The minimum atomic E-state index is -0.997. The summed E-state index contributed by atoms with van der Waals surface area (Å²) in [4.78, 5) is 25.2. The molecule has 0 saturated carbocycles. The molecule has 2 heterocycles. The first kappa shape index (κ1) is 27.3. The van der Waals surface area contributed by atoms with Crippen LogP contribution < -0.4 is 5.32 Å². The van der Waals surface area contributed by atoms with Crippen LogP contribution in [0.3, 0.4) is 0 Å². The number of ether oxygens (including phenoxy) is 2. The van der Waals surface area contributed by atoms with Crippen LogP contribution >= 0.6 is 0 Å². The fourth-order valence-electron chi connectivity index (χ4n) is 4.98. The molecular formula is C29H38N2O6. The lowest BCUT2D eigenvalue weighted by Crippen LogP contribution is -2.40. The van der Waals surface area contributed by atoms with Gasteiger partial charge < -0.3 is 29.9 Å². The number of amides is 1. The van der Waals surface area contributed by atoms with E-state index >= 15 is 0 Å². The Morgan fingerprint density at radius 1 is 0.865 bits per heavy atom. The molecule has 2 aliphatic rings. The van der Waals surface area contributed by atoms with Crippen molar-refractivity contribution in [1.29, 1.82) is 0 Å². The first-order valence-electron chi connectivity index (χ1n) is 13.3. The van der Waals surface area contributed by atoms with Crippen molar-refractivity contribution in [2.24, 2.45) is 0 Å². The van der Waals surface area contributed by atoms with Gasteiger partial charge in [-0.2, -0.15) is 0 Å². The lowest BCUT2D eigenvalue weighted by Gasteiger charge is -2.38. The van der Waals surface area contributed by atoms with Gasteiger partial charge in [-0.1, -0.05) is 55.7 Å². The molecule has 3 unspecified atom stereocenters. The van der Waals surface area contributed by atoms with Gasteiger partial charge in [0.25, 0.3) is 0 Å². The zero-order valence-electron chi connectivity index (χ0n) is 21.3. The number of benzene rings is 2. The third-order valence-electron chi connectivity index (χ3n) is 7.06. The molecule has 200 valence electrons. The summed E-state index contributed by atoms with van der Waals surface area (Å²) < 4.78 is 12.9. The summed E-state index contributed by atoms with van der Waals surface area (Å²) in [5, 5.41) is 20.9. The molecule has 2 aromatic rings. The van der Waals surface area contributed by atoms with Gasteiger partial charge in [0.05, 0.1) is 25.2 Å². The SMILES string of the molecule is O=C(O)CCC(=O)Nc1ccc(C2OC(CN3CCCCCCC3)CC(c3ccc(CO)cc3)O2)cc1. The van der Waals surface area contributed by atoms with Gasteiger partial charge in [-0.05, 0) is 49.2 Å². The normalized spacial score (nSPS) is 23.1. The monoisotopic (exact) mass is 510 g/mol. The van der Waals surface area contributed by atoms with Gasteiger partial charge in [-0.15, -0.1) is 0 Å². The Hall–Kier alpha value is -2.78. The van der Waals surface area contributed by atoms with E-state index < -0.39 is 12.3 Å². The molecule has 0 aromatic heterocycles. The molecule has 3 N–H and O–H groups in total. The average molecular weight is 511 g/mol. The number of carboxylic acids is 1. The first-order valence-corrected chi connectivity index (χ1v) is 13.3. The number of nitrogens with one attached hydrogen (secondary N) is 1. The van der Waals surface area contributed by atoms with Crippen LogP contribution in [0, 0.1) is 0 Å². The number of carbonyl (C=O) groups is 2. The molecule has 1 amide bonds. The fraction of sp³-hybridized carbons (Fsp3) is 0.517. The molecule has 4 rings (SSSR count). The second-order valence-corrected chi connectivity index (χ2v) is 9.98. The minimum Gasteiger partial charge on any atom is -0.481 e. The van der Waals surface area contributed by atoms with Crippen molar-refractivity contribution in [2.45, 2.75) is 76.5 Å². The third kappa shape index (κ3) is 8.36. The number of carboxylic acid groups (broad SMARTS) is 1. The molecule has 37 heavy (non-hydrogen) atoms. The maximum atomic E-state index is 12.0. The van der Waals surface area contributed by atoms with Crippen molar-refractivity contribution >= 4 is 17.6 Å². The number of aliphatic carboxylic acids is 1. The summed E-state index contributed by atoms with van der Waals surface area (Å²) in [5.74, 6) is -1.33. The lowest BCUT2D eigenvalue weighted by molar-refractivity contribution is -0.253. The Bertz CT molecular complexity index is 1000. The van der Waals surface area contributed by atoms with Crippen molar-refractivity contribution in [3.63, 3.8) is 0 Å². The molecule has 8 heteroatoms. The lowest BCUT2D eigenvalue weighted by atomic mass is 9.99. The van der Waals surface area contributed by atoms with E-state index in [0.29, 0.717) is 5.69 Å². The molecule has 2 aromatic carbocycles. The molecule has 0 bridgehead atoms. The third-order valence-corrected chi connectivity index (χ3v) is 7.06. The van der Waals surface area contributed by atoms with E-state index in [4.69, 9.17) is 14.6 Å². The molecule has 2 saturated heterocycles. The van der Waals surface area contributed by atoms with E-state index in [-0.39, 0.29) is 37.6 Å². The Balaban J connectivity index is 1.46. The molecule has 8 nitrogen and oxygen atoms in total. The van der Waals surface area contributed by atoms with Crippen LogP contribution in [0.4, 0.5) is 5.69 Å². The number of hydrogen-bond acceptors (Lipinski definition) is 6. The molecule has 0 radical (unpaired) electrons. The number of hydrogen-bond donors (Lipinski definition) is 3. The van der Waals surface area contributed by atoms with Crippen LogP contribution in [0.1, 0.15) is 80.5 Å². The van der Waals surface area contributed by atoms with Crippen LogP contribution in [0.15, 0.2) is 48.5 Å². The molecular weight excluding hydrogens is 472 g/mol. The predicted octanol–water partition coefficient (Wildman–Crippen LogP) is 4.79. The molecule has 2 aliphatic heterocycles. The minimum absolute atomic E-state index is 0.00825. The van der Waals surface area contributed by atoms with Gasteiger partial charge in [0, 0.05) is 30.6 Å². The number of nitrogens with zero attached hydrogens (tertiary/aromatic N) is 1. The maximum Gasteiger partial charge on any atom is 0.303 e. The van der Waals surface area contributed by atoms with E-state index in [1.54, 1.807) is 12.1 Å². The standard InChI is InChI=1S/C29H38N2O6/c32-20-21-6-8-22(9-7-21)26-18-25(19-31-16-4-2-1-3-5-17-31)36-29(37-26)23-10-12-24(13-11-23)30-27(33)14-15-28(34)35/h6-13,25-26,29,32H,1-5,14-20H2,(H,30,33)(H,34,35). The number of carbonyl (C=O) groups excluding carboxylic acids is 1. The van der Waals surface area contributed by atoms with E-state index in [1.807, 2.05) is 36.4 Å². The second kappa shape index (κ2) is 13.7. The van der Waals surface area contributed by atoms with Crippen LogP contribution in [-0.2, 0) is 25.7 Å². The predicted molar refractivity (Wildman–Crippen MR) is 140 cm³/mol. The number of likely N-dealkylation sites (tertiary alicyclic amines) is 1. The van der Waals surface area contributed by atoms with Crippen LogP contribution in [0.25, 0.3) is 0 Å². The summed E-state index contributed by atoms with van der Waals surface area (Å²) in [6, 6.07) is 15.2. The second-order valence-electron chi connectivity index (χ2n) is 9.98. The summed E-state index contributed by atoms with van der Waals surface area (Å²) in [7, 11) is 0. The quantitative estimate of drug-likeness (QED) is 0.445. The highest BCUT2D eigenvalue weighted by Crippen LogP contribution is 2.38. The molecule has 2 fully saturated rings. The Kier molecular flexibility index (Phi) is 10.1. The zero-order valence-corrected chi connectivity index (χ0v) is 21.3. The molecule has 0 aliphatic carbocycles. The van der Waals surface area contributed by atoms with Crippen LogP contribution in [0.2, 0.25) is 0 Å². The first-order chi connectivity index (χ1) is 18.0. The summed E-state index contributed by atoms with van der Waals surface area (Å²) in [6.45, 7) is 3.06. The average Bonchev–Trinajstić information content (AvgIpc) is 2.89. The van der Waals surface area contributed by atoms with Gasteiger partial charge in [-0.25, -0.2) is 0 Å². The van der Waals surface area contributed by atoms with Crippen molar-refractivity contribution in [3.8, 4) is 0 Å². The number of rotatable bonds is 9. The van der Waals surface area contributed by atoms with E-state index in [9.17, 15) is 14.7 Å². The van der Waals surface area contributed by atoms with Crippen molar-refractivity contribution in [3.05, 3.63) is 65.2 Å². The maximum absolute atomic E-state index is 12.0. The highest BCUT2D eigenvalue weighted by Gasteiger charge is 2.33. The highest BCUT2D eigenvalue weighted by atomic mass is 16.7.